The Morgan fingerprint density at radius 1 is 1.13 bits per heavy atom. The standard InChI is InChI=1S/C22H23N7O2/c1-25-7-6-14-16-9-13(3-5-17(16)27-19(14)11-30)21(31)26-10-12-2-4-15-18(8-12)28-22(24)29-20(15)23/h2-5,8-9,11,25,27H,6-7,10H2,1H3,(H,26,31)(H4,23,24,28,29). The normalized spacial score (nSPS) is 11.1. The number of amides is 1. The molecule has 0 saturated carbocycles. The van der Waals surface area contributed by atoms with Crippen molar-refractivity contribution in [3.63, 3.8) is 0 Å². The molecule has 31 heavy (non-hydrogen) atoms. The summed E-state index contributed by atoms with van der Waals surface area (Å²) in [6, 6.07) is 10.9. The van der Waals surface area contributed by atoms with Crippen LogP contribution in [0.4, 0.5) is 11.8 Å². The smallest absolute Gasteiger partial charge is 0.251 e. The molecule has 7 N–H and O–H groups in total. The molecule has 4 rings (SSSR count). The Labute approximate surface area is 178 Å². The fraction of sp³-hybridized carbons (Fsp3) is 0.182. The highest BCUT2D eigenvalue weighted by Gasteiger charge is 2.14. The Morgan fingerprint density at radius 3 is 2.74 bits per heavy atom. The number of nitrogens with zero attached hydrogens (tertiary/aromatic N) is 2. The predicted molar refractivity (Wildman–Crippen MR) is 121 cm³/mol. The van der Waals surface area contributed by atoms with Crippen LogP contribution in [0.3, 0.4) is 0 Å². The van der Waals surface area contributed by atoms with E-state index in [1.165, 1.54) is 0 Å². The molecule has 4 aromatic rings. The number of nitrogens with one attached hydrogen (secondary N) is 3. The average molecular weight is 417 g/mol. The van der Waals surface area contributed by atoms with Crippen molar-refractivity contribution in [3.8, 4) is 0 Å². The molecule has 0 spiro atoms. The second kappa shape index (κ2) is 8.41. The van der Waals surface area contributed by atoms with E-state index in [2.05, 4.69) is 25.6 Å². The number of nitrogens with two attached hydrogens (primary N) is 2. The Bertz CT molecular complexity index is 1300. The number of carbonyl (C=O) groups excluding carboxylic acids is 2. The van der Waals surface area contributed by atoms with E-state index in [-0.39, 0.29) is 11.9 Å². The van der Waals surface area contributed by atoms with Crippen molar-refractivity contribution in [1.82, 2.24) is 25.6 Å². The van der Waals surface area contributed by atoms with Crippen LogP contribution in [-0.2, 0) is 13.0 Å². The number of fused-ring (bicyclic) bond motifs is 2. The molecule has 0 aliphatic heterocycles. The van der Waals surface area contributed by atoms with Gasteiger partial charge in [0.1, 0.15) is 5.82 Å². The van der Waals surface area contributed by atoms with Crippen LogP contribution in [0.5, 0.6) is 0 Å². The highest BCUT2D eigenvalue weighted by atomic mass is 16.1. The first-order valence-electron chi connectivity index (χ1n) is 9.84. The van der Waals surface area contributed by atoms with E-state index in [9.17, 15) is 9.59 Å². The van der Waals surface area contributed by atoms with E-state index >= 15 is 0 Å². The SMILES string of the molecule is CNCCc1c(C=O)[nH]c2ccc(C(=O)NCc3ccc4c(N)nc(N)nc4c3)cc12. The van der Waals surface area contributed by atoms with Gasteiger partial charge in [-0.05, 0) is 61.5 Å². The summed E-state index contributed by atoms with van der Waals surface area (Å²) in [4.78, 5) is 35.4. The molecule has 2 aromatic carbocycles. The summed E-state index contributed by atoms with van der Waals surface area (Å²) in [5.74, 6) is 0.216. The fourth-order valence-corrected chi connectivity index (χ4v) is 3.64. The van der Waals surface area contributed by atoms with Gasteiger partial charge in [-0.3, -0.25) is 9.59 Å². The lowest BCUT2D eigenvalue weighted by molar-refractivity contribution is 0.0950. The van der Waals surface area contributed by atoms with Gasteiger partial charge >= 0.3 is 0 Å². The van der Waals surface area contributed by atoms with Crippen molar-refractivity contribution < 1.29 is 9.59 Å². The Balaban J connectivity index is 1.55. The number of hydrogen-bond acceptors (Lipinski definition) is 7. The van der Waals surface area contributed by atoms with Crippen LogP contribution in [0, 0.1) is 0 Å². The number of carbonyl (C=O) groups is 2. The van der Waals surface area contributed by atoms with Gasteiger partial charge in [-0.25, -0.2) is 4.98 Å². The molecule has 0 atom stereocenters. The predicted octanol–water partition coefficient (Wildman–Crippen LogP) is 1.78. The molecule has 9 heteroatoms. The summed E-state index contributed by atoms with van der Waals surface area (Å²) in [5, 5.41) is 7.59. The number of aromatic amines is 1. The third-order valence-corrected chi connectivity index (χ3v) is 5.21. The van der Waals surface area contributed by atoms with Crippen molar-refractivity contribution in [2.45, 2.75) is 13.0 Å². The van der Waals surface area contributed by atoms with Crippen LogP contribution in [0.2, 0.25) is 0 Å². The minimum atomic E-state index is -0.211. The zero-order valence-electron chi connectivity index (χ0n) is 17.0. The third-order valence-electron chi connectivity index (χ3n) is 5.21. The van der Waals surface area contributed by atoms with Gasteiger partial charge in [-0.15, -0.1) is 0 Å². The van der Waals surface area contributed by atoms with Crippen molar-refractivity contribution >= 4 is 45.8 Å². The minimum Gasteiger partial charge on any atom is -0.383 e. The number of benzene rings is 2. The van der Waals surface area contributed by atoms with Crippen molar-refractivity contribution in [1.29, 1.82) is 0 Å². The number of hydrogen-bond donors (Lipinski definition) is 5. The van der Waals surface area contributed by atoms with Crippen molar-refractivity contribution in [2.24, 2.45) is 0 Å². The lowest BCUT2D eigenvalue weighted by Crippen LogP contribution is -2.22. The Kier molecular flexibility index (Phi) is 5.50. The van der Waals surface area contributed by atoms with E-state index in [0.717, 1.165) is 34.9 Å². The second-order valence-corrected chi connectivity index (χ2v) is 7.25. The number of rotatable bonds is 7. The Hall–Kier alpha value is -3.98. The van der Waals surface area contributed by atoms with Gasteiger partial charge in [0.05, 0.1) is 11.2 Å². The van der Waals surface area contributed by atoms with E-state index in [1.807, 2.05) is 37.4 Å². The zero-order chi connectivity index (χ0) is 22.0. The summed E-state index contributed by atoms with van der Waals surface area (Å²) in [6.45, 7) is 1.04. The molecule has 158 valence electrons. The largest absolute Gasteiger partial charge is 0.383 e. The topological polar surface area (TPSA) is 152 Å². The van der Waals surface area contributed by atoms with Gasteiger partial charge in [0, 0.05) is 28.4 Å². The zero-order valence-corrected chi connectivity index (χ0v) is 17.0. The molecule has 1 amide bonds. The summed E-state index contributed by atoms with van der Waals surface area (Å²) in [5.41, 5.74) is 15.8. The second-order valence-electron chi connectivity index (χ2n) is 7.25. The van der Waals surface area contributed by atoms with Crippen molar-refractivity contribution in [3.05, 3.63) is 58.8 Å². The molecular weight excluding hydrogens is 394 g/mol. The first-order valence-corrected chi connectivity index (χ1v) is 9.84. The maximum absolute atomic E-state index is 12.8. The molecule has 0 fully saturated rings. The first-order chi connectivity index (χ1) is 15.0. The van der Waals surface area contributed by atoms with Crippen LogP contribution in [-0.4, -0.2) is 40.7 Å². The lowest BCUT2D eigenvalue weighted by atomic mass is 10.0. The highest BCUT2D eigenvalue weighted by molar-refractivity contribution is 6.00. The number of aldehydes is 1. The van der Waals surface area contributed by atoms with Gasteiger partial charge in [0.15, 0.2) is 6.29 Å². The van der Waals surface area contributed by atoms with Gasteiger partial charge in [0.2, 0.25) is 5.95 Å². The number of H-pyrrole nitrogens is 1. The lowest BCUT2D eigenvalue weighted by Gasteiger charge is -2.08. The monoisotopic (exact) mass is 417 g/mol. The van der Waals surface area contributed by atoms with E-state index in [1.54, 1.807) is 6.07 Å². The third kappa shape index (κ3) is 4.03. The van der Waals surface area contributed by atoms with Crippen LogP contribution in [0.1, 0.15) is 32.0 Å². The molecule has 0 aliphatic carbocycles. The molecule has 0 saturated heterocycles. The molecule has 0 bridgehead atoms. The van der Waals surface area contributed by atoms with E-state index < -0.39 is 0 Å². The summed E-state index contributed by atoms with van der Waals surface area (Å²) in [6.07, 6.45) is 1.49. The maximum atomic E-state index is 12.8. The molecule has 0 radical (unpaired) electrons. The minimum absolute atomic E-state index is 0.106. The molecule has 9 nitrogen and oxygen atoms in total. The molecule has 2 heterocycles. The number of anilines is 2. The molecule has 2 aromatic heterocycles. The van der Waals surface area contributed by atoms with Crippen LogP contribution in [0.15, 0.2) is 36.4 Å². The van der Waals surface area contributed by atoms with Crippen molar-refractivity contribution in [2.75, 3.05) is 25.1 Å². The number of likely N-dealkylation sites (N-methyl/N-ethyl adjacent to an activating group) is 1. The van der Waals surface area contributed by atoms with Gasteiger partial charge in [-0.2, -0.15) is 4.98 Å². The van der Waals surface area contributed by atoms with Gasteiger partial charge < -0.3 is 27.1 Å². The van der Waals surface area contributed by atoms with Crippen LogP contribution >= 0.6 is 0 Å². The molecule has 0 unspecified atom stereocenters. The summed E-state index contributed by atoms with van der Waals surface area (Å²) < 4.78 is 0. The number of nitrogen functional groups attached to an aromatic ring is 2. The molecule has 0 aliphatic rings. The maximum Gasteiger partial charge on any atom is 0.251 e. The summed E-state index contributed by atoms with van der Waals surface area (Å²) in [7, 11) is 1.86. The van der Waals surface area contributed by atoms with E-state index in [0.29, 0.717) is 40.9 Å². The molecular formula is C22H23N7O2. The van der Waals surface area contributed by atoms with Crippen LogP contribution < -0.4 is 22.1 Å². The van der Waals surface area contributed by atoms with Gasteiger partial charge in [0.25, 0.3) is 5.91 Å². The fourth-order valence-electron chi connectivity index (χ4n) is 3.64. The number of aromatic nitrogens is 3. The quantitative estimate of drug-likeness (QED) is 0.287. The van der Waals surface area contributed by atoms with Gasteiger partial charge in [-0.1, -0.05) is 6.07 Å². The van der Waals surface area contributed by atoms with E-state index in [4.69, 9.17) is 11.5 Å². The first kappa shape index (κ1) is 20.3. The highest BCUT2D eigenvalue weighted by Crippen LogP contribution is 2.24. The van der Waals surface area contributed by atoms with Crippen LogP contribution in [0.25, 0.3) is 21.8 Å². The summed E-state index contributed by atoms with van der Waals surface area (Å²) >= 11 is 0. The Morgan fingerprint density at radius 2 is 1.97 bits per heavy atom. The average Bonchev–Trinajstić information content (AvgIpc) is 3.12.